The van der Waals surface area contributed by atoms with Crippen molar-refractivity contribution >= 4 is 29.1 Å². The van der Waals surface area contributed by atoms with Crippen LogP contribution in [0.3, 0.4) is 0 Å². The molecule has 6 nitrogen and oxygen atoms in total. The lowest BCUT2D eigenvalue weighted by Crippen LogP contribution is -2.48. The summed E-state index contributed by atoms with van der Waals surface area (Å²) in [6.45, 7) is 1.41. The van der Waals surface area contributed by atoms with E-state index in [1.54, 1.807) is 18.5 Å². The van der Waals surface area contributed by atoms with Crippen molar-refractivity contribution in [1.29, 1.82) is 0 Å². The maximum absolute atomic E-state index is 13.6. The lowest BCUT2D eigenvalue weighted by Gasteiger charge is -2.33. The Bertz CT molecular complexity index is 743. The number of halogens is 2. The quantitative estimate of drug-likeness (QED) is 0.830. The molecule has 1 atom stereocenters. The molecule has 1 aliphatic rings. The smallest absolute Gasteiger partial charge is 0.253 e. The van der Waals surface area contributed by atoms with Gasteiger partial charge in [0.05, 0.1) is 11.3 Å². The molecule has 1 fully saturated rings. The molecule has 0 bridgehead atoms. The number of carbonyl (C=O) groups is 1. The summed E-state index contributed by atoms with van der Waals surface area (Å²) in [4.78, 5) is 22.9. The van der Waals surface area contributed by atoms with Crippen molar-refractivity contribution in [2.45, 2.75) is 18.9 Å². The third kappa shape index (κ3) is 3.56. The van der Waals surface area contributed by atoms with Crippen molar-refractivity contribution in [2.75, 3.05) is 23.7 Å². The van der Waals surface area contributed by atoms with Crippen molar-refractivity contribution in [1.82, 2.24) is 15.3 Å². The van der Waals surface area contributed by atoms with Gasteiger partial charge in [-0.25, -0.2) is 14.4 Å². The van der Waals surface area contributed by atoms with E-state index in [0.717, 1.165) is 25.5 Å². The Morgan fingerprint density at radius 1 is 1.38 bits per heavy atom. The third-order valence-corrected chi connectivity index (χ3v) is 4.15. The first kappa shape index (κ1) is 16.4. The van der Waals surface area contributed by atoms with Gasteiger partial charge in [-0.15, -0.1) is 0 Å². The van der Waals surface area contributed by atoms with Gasteiger partial charge in [-0.2, -0.15) is 0 Å². The van der Waals surface area contributed by atoms with Gasteiger partial charge in [0.1, 0.15) is 5.82 Å². The Morgan fingerprint density at radius 2 is 2.12 bits per heavy atom. The van der Waals surface area contributed by atoms with Crippen LogP contribution in [0.1, 0.15) is 23.2 Å². The zero-order valence-electron chi connectivity index (χ0n) is 12.9. The number of rotatable bonds is 3. The molecule has 2 heterocycles. The van der Waals surface area contributed by atoms with Crippen molar-refractivity contribution in [2.24, 2.45) is 0 Å². The van der Waals surface area contributed by atoms with Crippen LogP contribution in [-0.4, -0.2) is 35.0 Å². The topological polar surface area (TPSA) is 84.1 Å². The minimum atomic E-state index is -0.699. The van der Waals surface area contributed by atoms with Crippen LogP contribution in [-0.2, 0) is 0 Å². The summed E-state index contributed by atoms with van der Waals surface area (Å²) >= 11 is 5.81. The van der Waals surface area contributed by atoms with Gasteiger partial charge in [0.15, 0.2) is 0 Å². The van der Waals surface area contributed by atoms with E-state index in [4.69, 9.17) is 17.3 Å². The third-order valence-electron chi connectivity index (χ3n) is 3.93. The SMILES string of the molecule is Nc1c(F)cc(Cl)cc1C(=O)N[C@@H]1CCCN(c2ncccn2)C1. The van der Waals surface area contributed by atoms with Crippen LogP contribution in [0, 0.1) is 5.82 Å². The van der Waals surface area contributed by atoms with E-state index < -0.39 is 11.7 Å². The zero-order valence-corrected chi connectivity index (χ0v) is 13.6. The highest BCUT2D eigenvalue weighted by molar-refractivity contribution is 6.31. The average Bonchev–Trinajstić information content (AvgIpc) is 2.59. The Hall–Kier alpha value is -2.41. The maximum atomic E-state index is 13.6. The minimum Gasteiger partial charge on any atom is -0.396 e. The monoisotopic (exact) mass is 349 g/mol. The first-order chi connectivity index (χ1) is 11.5. The van der Waals surface area contributed by atoms with Gasteiger partial charge in [-0.05, 0) is 31.0 Å². The highest BCUT2D eigenvalue weighted by atomic mass is 35.5. The van der Waals surface area contributed by atoms with E-state index in [-0.39, 0.29) is 22.3 Å². The number of carbonyl (C=O) groups excluding carboxylic acids is 1. The van der Waals surface area contributed by atoms with Gasteiger partial charge in [0.2, 0.25) is 5.95 Å². The molecule has 0 spiro atoms. The number of piperidine rings is 1. The van der Waals surface area contributed by atoms with Crippen molar-refractivity contribution < 1.29 is 9.18 Å². The summed E-state index contributed by atoms with van der Waals surface area (Å²) in [6.07, 6.45) is 5.07. The number of aromatic nitrogens is 2. The largest absolute Gasteiger partial charge is 0.396 e. The molecule has 3 N–H and O–H groups in total. The Kier molecular flexibility index (Phi) is 4.80. The number of hydrogen-bond acceptors (Lipinski definition) is 5. The molecule has 1 aromatic heterocycles. The lowest BCUT2D eigenvalue weighted by molar-refractivity contribution is 0.0933. The summed E-state index contributed by atoms with van der Waals surface area (Å²) in [6, 6.07) is 4.11. The van der Waals surface area contributed by atoms with Crippen molar-refractivity contribution in [3.8, 4) is 0 Å². The normalized spacial score (nSPS) is 17.6. The van der Waals surface area contributed by atoms with Crippen LogP contribution in [0.15, 0.2) is 30.6 Å². The Balaban J connectivity index is 1.71. The molecule has 3 rings (SSSR count). The second-order valence-corrected chi connectivity index (χ2v) is 6.09. The predicted molar refractivity (Wildman–Crippen MR) is 90.6 cm³/mol. The summed E-state index contributed by atoms with van der Waals surface area (Å²) < 4.78 is 13.6. The summed E-state index contributed by atoms with van der Waals surface area (Å²) in [7, 11) is 0. The second-order valence-electron chi connectivity index (χ2n) is 5.66. The molecule has 1 saturated heterocycles. The van der Waals surface area contributed by atoms with Crippen LogP contribution < -0.4 is 16.0 Å². The highest BCUT2D eigenvalue weighted by Gasteiger charge is 2.24. The first-order valence-corrected chi connectivity index (χ1v) is 7.99. The molecule has 1 amide bonds. The van der Waals surface area contributed by atoms with E-state index in [2.05, 4.69) is 15.3 Å². The van der Waals surface area contributed by atoms with Crippen LogP contribution in [0.2, 0.25) is 5.02 Å². The molecule has 0 unspecified atom stereocenters. The molecule has 0 saturated carbocycles. The molecule has 126 valence electrons. The number of nitrogens with zero attached hydrogens (tertiary/aromatic N) is 3. The number of hydrogen-bond donors (Lipinski definition) is 2. The van der Waals surface area contributed by atoms with Crippen LogP contribution >= 0.6 is 11.6 Å². The predicted octanol–water partition coefficient (Wildman–Crippen LogP) is 2.25. The van der Waals surface area contributed by atoms with Gasteiger partial charge >= 0.3 is 0 Å². The van der Waals surface area contributed by atoms with E-state index in [9.17, 15) is 9.18 Å². The van der Waals surface area contributed by atoms with Crippen LogP contribution in [0.4, 0.5) is 16.0 Å². The zero-order chi connectivity index (χ0) is 17.1. The fraction of sp³-hybridized carbons (Fsp3) is 0.312. The van der Waals surface area contributed by atoms with Crippen molar-refractivity contribution in [3.63, 3.8) is 0 Å². The number of nitrogen functional groups attached to an aromatic ring is 1. The van der Waals surface area contributed by atoms with Gasteiger partial charge in [-0.3, -0.25) is 4.79 Å². The molecular weight excluding hydrogens is 333 g/mol. The molecule has 1 aromatic carbocycles. The van der Waals surface area contributed by atoms with Gasteiger partial charge < -0.3 is 16.0 Å². The number of amides is 1. The molecule has 8 heteroatoms. The summed E-state index contributed by atoms with van der Waals surface area (Å²) in [5.41, 5.74) is 5.50. The molecule has 0 radical (unpaired) electrons. The standard InChI is InChI=1S/C16H17ClFN5O/c17-10-7-12(14(19)13(18)8-10)15(24)22-11-3-1-6-23(9-11)16-20-4-2-5-21-16/h2,4-5,7-8,11H,1,3,6,9,19H2,(H,22,24)/t11-/m1/s1. The van der Waals surface area contributed by atoms with Gasteiger partial charge in [0, 0.05) is 36.5 Å². The fourth-order valence-corrected chi connectivity index (χ4v) is 2.97. The number of nitrogens with one attached hydrogen (secondary N) is 1. The molecule has 0 aliphatic carbocycles. The summed E-state index contributed by atoms with van der Waals surface area (Å²) in [5, 5.41) is 3.02. The van der Waals surface area contributed by atoms with Crippen LogP contribution in [0.5, 0.6) is 0 Å². The average molecular weight is 350 g/mol. The lowest BCUT2D eigenvalue weighted by atomic mass is 10.0. The molecule has 1 aliphatic heterocycles. The first-order valence-electron chi connectivity index (χ1n) is 7.62. The maximum Gasteiger partial charge on any atom is 0.253 e. The van der Waals surface area contributed by atoms with Crippen molar-refractivity contribution in [3.05, 3.63) is 47.0 Å². The van der Waals surface area contributed by atoms with Crippen LogP contribution in [0.25, 0.3) is 0 Å². The van der Waals surface area contributed by atoms with E-state index in [0.29, 0.717) is 12.5 Å². The Labute approximate surface area is 143 Å². The van der Waals surface area contributed by atoms with Gasteiger partial charge in [-0.1, -0.05) is 11.6 Å². The second kappa shape index (κ2) is 7.00. The summed E-state index contributed by atoms with van der Waals surface area (Å²) in [5.74, 6) is -0.505. The number of benzene rings is 1. The highest BCUT2D eigenvalue weighted by Crippen LogP contribution is 2.23. The molecule has 24 heavy (non-hydrogen) atoms. The molecular formula is C16H17ClFN5O. The number of nitrogens with two attached hydrogens (primary N) is 1. The minimum absolute atomic E-state index is 0.0492. The van der Waals surface area contributed by atoms with E-state index in [1.807, 2.05) is 4.90 Å². The van der Waals surface area contributed by atoms with E-state index >= 15 is 0 Å². The fourth-order valence-electron chi connectivity index (χ4n) is 2.77. The van der Waals surface area contributed by atoms with E-state index in [1.165, 1.54) is 6.07 Å². The number of anilines is 2. The molecule has 2 aromatic rings. The van der Waals surface area contributed by atoms with Gasteiger partial charge in [0.25, 0.3) is 5.91 Å². The Morgan fingerprint density at radius 3 is 2.88 bits per heavy atom.